The molecule has 0 radical (unpaired) electrons. The van der Waals surface area contributed by atoms with E-state index in [1.165, 1.54) is 12.1 Å². The molecule has 1 heterocycles. The van der Waals surface area contributed by atoms with Crippen LogP contribution in [0.15, 0.2) is 53.4 Å². The highest BCUT2D eigenvalue weighted by molar-refractivity contribution is 7.89. The monoisotopic (exact) mass is 373 g/mol. The van der Waals surface area contributed by atoms with Crippen molar-refractivity contribution < 1.29 is 13.2 Å². The molecule has 1 aromatic heterocycles. The molecule has 0 aliphatic heterocycles. The van der Waals surface area contributed by atoms with Crippen LogP contribution in [0.1, 0.15) is 11.4 Å². The molecule has 2 aromatic carbocycles. The number of aromatic nitrogens is 2. The number of aromatic amines is 1. The summed E-state index contributed by atoms with van der Waals surface area (Å²) in [6, 6.07) is 13.5. The summed E-state index contributed by atoms with van der Waals surface area (Å²) in [4.78, 5) is 19.5. The number of imidazole rings is 1. The van der Waals surface area contributed by atoms with Crippen molar-refractivity contribution in [3.8, 4) is 0 Å². The Morgan fingerprint density at radius 2 is 1.81 bits per heavy atom. The second kappa shape index (κ2) is 7.54. The van der Waals surface area contributed by atoms with E-state index in [1.807, 2.05) is 24.3 Å². The molecule has 0 unspecified atom stereocenters. The van der Waals surface area contributed by atoms with Gasteiger partial charge < -0.3 is 15.6 Å². The number of hydrogen-bond acceptors (Lipinski definition) is 4. The number of amides is 2. The van der Waals surface area contributed by atoms with Gasteiger partial charge >= 0.3 is 6.03 Å². The highest BCUT2D eigenvalue weighted by Gasteiger charge is 2.07. The lowest BCUT2D eigenvalue weighted by atomic mass is 10.2. The Hall–Kier alpha value is -2.91. The smallest absolute Gasteiger partial charge is 0.315 e. The fourth-order valence-corrected chi connectivity index (χ4v) is 2.98. The van der Waals surface area contributed by atoms with Gasteiger partial charge in [-0.2, -0.15) is 0 Å². The van der Waals surface area contributed by atoms with Crippen LogP contribution in [0.25, 0.3) is 11.0 Å². The minimum atomic E-state index is -3.71. The molecule has 0 aliphatic rings. The number of rotatable bonds is 6. The van der Waals surface area contributed by atoms with E-state index in [2.05, 4.69) is 20.6 Å². The molecule has 26 heavy (non-hydrogen) atoms. The van der Waals surface area contributed by atoms with Crippen molar-refractivity contribution in [3.05, 3.63) is 59.9 Å². The number of carbonyl (C=O) groups is 1. The lowest BCUT2D eigenvalue weighted by molar-refractivity contribution is 0.240. The van der Waals surface area contributed by atoms with Gasteiger partial charge in [-0.25, -0.2) is 23.3 Å². The number of nitrogens with zero attached hydrogens (tertiary/aromatic N) is 1. The third-order valence-corrected chi connectivity index (χ3v) is 4.72. The summed E-state index contributed by atoms with van der Waals surface area (Å²) in [5.74, 6) is 0.810. The van der Waals surface area contributed by atoms with Crippen molar-refractivity contribution in [2.75, 3.05) is 6.54 Å². The quantitative estimate of drug-likeness (QED) is 0.518. The molecular formula is C17H19N5O3S. The second-order valence-electron chi connectivity index (χ2n) is 5.75. The molecule has 136 valence electrons. The van der Waals surface area contributed by atoms with Crippen LogP contribution >= 0.6 is 0 Å². The number of sulfonamides is 1. The zero-order chi connectivity index (χ0) is 18.6. The number of para-hydroxylation sites is 2. The van der Waals surface area contributed by atoms with Crippen LogP contribution in [0.3, 0.4) is 0 Å². The zero-order valence-electron chi connectivity index (χ0n) is 13.9. The average Bonchev–Trinajstić information content (AvgIpc) is 3.02. The number of H-pyrrole nitrogens is 1. The van der Waals surface area contributed by atoms with Crippen molar-refractivity contribution >= 4 is 27.1 Å². The Morgan fingerprint density at radius 1 is 1.08 bits per heavy atom. The average molecular weight is 373 g/mol. The SMILES string of the molecule is NS(=O)(=O)c1ccc(CNC(=O)NCCc2nc3ccccc3[nH]2)cc1. The Balaban J connectivity index is 1.44. The van der Waals surface area contributed by atoms with Crippen LogP contribution in [0.5, 0.6) is 0 Å². The van der Waals surface area contributed by atoms with Gasteiger partial charge in [-0.05, 0) is 29.8 Å². The molecule has 8 nitrogen and oxygen atoms in total. The van der Waals surface area contributed by atoms with Crippen LogP contribution in [-0.4, -0.2) is 31.0 Å². The number of hydrogen-bond donors (Lipinski definition) is 4. The van der Waals surface area contributed by atoms with E-state index in [0.29, 0.717) is 13.0 Å². The van der Waals surface area contributed by atoms with Crippen LogP contribution < -0.4 is 15.8 Å². The van der Waals surface area contributed by atoms with E-state index in [0.717, 1.165) is 22.4 Å². The third-order valence-electron chi connectivity index (χ3n) is 3.79. The Morgan fingerprint density at radius 3 is 2.50 bits per heavy atom. The first-order valence-electron chi connectivity index (χ1n) is 7.99. The van der Waals surface area contributed by atoms with Gasteiger partial charge in [0.1, 0.15) is 5.82 Å². The predicted molar refractivity (Wildman–Crippen MR) is 97.9 cm³/mol. The van der Waals surface area contributed by atoms with Crippen molar-refractivity contribution in [1.29, 1.82) is 0 Å². The molecule has 2 amide bonds. The lowest BCUT2D eigenvalue weighted by Crippen LogP contribution is -2.36. The molecule has 3 aromatic rings. The molecule has 0 atom stereocenters. The number of fused-ring (bicyclic) bond motifs is 1. The number of benzene rings is 2. The summed E-state index contributed by atoms with van der Waals surface area (Å²) >= 11 is 0. The number of urea groups is 1. The van der Waals surface area contributed by atoms with Gasteiger partial charge in [0.2, 0.25) is 10.0 Å². The van der Waals surface area contributed by atoms with E-state index in [-0.39, 0.29) is 17.5 Å². The van der Waals surface area contributed by atoms with Crippen molar-refractivity contribution in [1.82, 2.24) is 20.6 Å². The molecule has 0 fully saturated rings. The van der Waals surface area contributed by atoms with E-state index < -0.39 is 10.0 Å². The van der Waals surface area contributed by atoms with Gasteiger partial charge in [0, 0.05) is 19.5 Å². The van der Waals surface area contributed by atoms with Crippen molar-refractivity contribution in [3.63, 3.8) is 0 Å². The maximum absolute atomic E-state index is 11.8. The zero-order valence-corrected chi connectivity index (χ0v) is 14.7. The van der Waals surface area contributed by atoms with Gasteiger partial charge in [0.05, 0.1) is 15.9 Å². The molecule has 0 saturated heterocycles. The minimum Gasteiger partial charge on any atom is -0.342 e. The number of carbonyl (C=O) groups excluding carboxylic acids is 1. The first kappa shape index (κ1) is 17.9. The summed E-state index contributed by atoms with van der Waals surface area (Å²) in [5.41, 5.74) is 2.63. The maximum atomic E-state index is 11.8. The van der Waals surface area contributed by atoms with Gasteiger partial charge in [0.25, 0.3) is 0 Å². The lowest BCUT2D eigenvalue weighted by Gasteiger charge is -2.07. The third kappa shape index (κ3) is 4.58. The molecule has 0 saturated carbocycles. The van der Waals surface area contributed by atoms with Crippen LogP contribution in [-0.2, 0) is 23.0 Å². The summed E-state index contributed by atoms with van der Waals surface area (Å²) in [6.07, 6.45) is 0.588. The molecule has 5 N–H and O–H groups in total. The topological polar surface area (TPSA) is 130 Å². The van der Waals surface area contributed by atoms with Gasteiger partial charge in [0.15, 0.2) is 0 Å². The number of primary sulfonamides is 1. The summed E-state index contributed by atoms with van der Waals surface area (Å²) in [5, 5.41) is 10.5. The highest BCUT2D eigenvalue weighted by Crippen LogP contribution is 2.10. The van der Waals surface area contributed by atoms with Crippen molar-refractivity contribution in [2.45, 2.75) is 17.9 Å². The maximum Gasteiger partial charge on any atom is 0.315 e. The van der Waals surface area contributed by atoms with Crippen LogP contribution in [0.4, 0.5) is 4.79 Å². The Bertz CT molecular complexity index is 979. The van der Waals surface area contributed by atoms with E-state index in [9.17, 15) is 13.2 Å². The molecule has 3 rings (SSSR count). The summed E-state index contributed by atoms with van der Waals surface area (Å²) in [6.45, 7) is 0.720. The molecule has 0 aliphatic carbocycles. The first-order chi connectivity index (χ1) is 12.4. The molecule has 9 heteroatoms. The largest absolute Gasteiger partial charge is 0.342 e. The van der Waals surface area contributed by atoms with Gasteiger partial charge in [-0.1, -0.05) is 24.3 Å². The molecule has 0 bridgehead atoms. The predicted octanol–water partition coefficient (Wildman–Crippen LogP) is 1.25. The fraction of sp³-hybridized carbons (Fsp3) is 0.176. The van der Waals surface area contributed by atoms with Gasteiger partial charge in [-0.3, -0.25) is 0 Å². The number of nitrogens with one attached hydrogen (secondary N) is 3. The van der Waals surface area contributed by atoms with Crippen LogP contribution in [0.2, 0.25) is 0 Å². The second-order valence-corrected chi connectivity index (χ2v) is 7.31. The Labute approximate surface area is 150 Å². The summed E-state index contributed by atoms with van der Waals surface area (Å²) in [7, 11) is -3.71. The normalized spacial score (nSPS) is 11.4. The molecular weight excluding hydrogens is 354 g/mol. The van der Waals surface area contributed by atoms with E-state index >= 15 is 0 Å². The Kier molecular flexibility index (Phi) is 5.19. The van der Waals surface area contributed by atoms with Crippen LogP contribution in [0, 0.1) is 0 Å². The fourth-order valence-electron chi connectivity index (χ4n) is 2.46. The molecule has 0 spiro atoms. The number of nitrogens with two attached hydrogens (primary N) is 1. The van der Waals surface area contributed by atoms with E-state index in [1.54, 1.807) is 12.1 Å². The first-order valence-corrected chi connectivity index (χ1v) is 9.53. The summed E-state index contributed by atoms with van der Waals surface area (Å²) < 4.78 is 22.4. The highest BCUT2D eigenvalue weighted by atomic mass is 32.2. The minimum absolute atomic E-state index is 0.0385. The van der Waals surface area contributed by atoms with E-state index in [4.69, 9.17) is 5.14 Å². The van der Waals surface area contributed by atoms with Crippen molar-refractivity contribution in [2.24, 2.45) is 5.14 Å². The standard InChI is InChI=1S/C17H19N5O3S/c18-26(24,25)13-7-5-12(6-8-13)11-20-17(23)19-10-9-16-21-14-3-1-2-4-15(14)22-16/h1-8H,9-11H2,(H,21,22)(H2,18,24,25)(H2,19,20,23). The van der Waals surface area contributed by atoms with Gasteiger partial charge in [-0.15, -0.1) is 0 Å².